The summed E-state index contributed by atoms with van der Waals surface area (Å²) in [7, 11) is 0. The summed E-state index contributed by atoms with van der Waals surface area (Å²) in [5.41, 5.74) is 1.89. The summed E-state index contributed by atoms with van der Waals surface area (Å²) >= 11 is 2.05. The van der Waals surface area contributed by atoms with Gasteiger partial charge in [-0.2, -0.15) is 16.9 Å². The predicted molar refractivity (Wildman–Crippen MR) is 106 cm³/mol. The fourth-order valence-electron chi connectivity index (χ4n) is 3.89. The molecule has 0 unspecified atom stereocenters. The molecule has 2 aliphatic rings. The molecule has 3 heterocycles. The minimum absolute atomic E-state index is 0.122. The Hall–Kier alpha value is -1.79. The van der Waals surface area contributed by atoms with E-state index in [9.17, 15) is 4.79 Å². The molecule has 2 aromatic rings. The first-order valence-electron chi connectivity index (χ1n) is 9.47. The van der Waals surface area contributed by atoms with Crippen LogP contribution in [0, 0.1) is 0 Å². The van der Waals surface area contributed by atoms with Gasteiger partial charge < -0.3 is 4.90 Å². The summed E-state index contributed by atoms with van der Waals surface area (Å²) in [5.74, 6) is 2.62. The second-order valence-electron chi connectivity index (χ2n) is 7.08. The predicted octanol–water partition coefficient (Wildman–Crippen LogP) is 2.58. The van der Waals surface area contributed by atoms with Gasteiger partial charge in [-0.3, -0.25) is 14.4 Å². The van der Waals surface area contributed by atoms with E-state index >= 15 is 0 Å². The van der Waals surface area contributed by atoms with Crippen molar-refractivity contribution in [2.24, 2.45) is 0 Å². The van der Waals surface area contributed by atoms with Crippen molar-refractivity contribution in [3.05, 3.63) is 53.9 Å². The van der Waals surface area contributed by atoms with Gasteiger partial charge in [-0.25, -0.2) is 0 Å². The molecule has 138 valence electrons. The lowest BCUT2D eigenvalue weighted by Gasteiger charge is -2.40. The Morgan fingerprint density at radius 3 is 2.54 bits per heavy atom. The zero-order valence-electron chi connectivity index (χ0n) is 15.1. The number of hydrogen-bond donors (Lipinski definition) is 0. The molecule has 2 saturated heterocycles. The molecule has 2 fully saturated rings. The van der Waals surface area contributed by atoms with E-state index in [0.717, 1.165) is 25.9 Å². The number of benzene rings is 1. The van der Waals surface area contributed by atoms with Crippen LogP contribution in [0.1, 0.15) is 28.8 Å². The van der Waals surface area contributed by atoms with Crippen molar-refractivity contribution in [3.8, 4) is 0 Å². The maximum Gasteiger partial charge on any atom is 0.257 e. The number of nitrogens with zero attached hydrogens (tertiary/aromatic N) is 4. The number of hydrogen-bond acceptors (Lipinski definition) is 4. The molecular weight excluding hydrogens is 344 g/mol. The van der Waals surface area contributed by atoms with Gasteiger partial charge in [0.2, 0.25) is 0 Å². The molecule has 5 nitrogen and oxygen atoms in total. The van der Waals surface area contributed by atoms with Crippen LogP contribution in [0.4, 0.5) is 0 Å². The van der Waals surface area contributed by atoms with Crippen molar-refractivity contribution in [3.63, 3.8) is 0 Å². The number of carbonyl (C=O) groups is 1. The van der Waals surface area contributed by atoms with Crippen molar-refractivity contribution < 1.29 is 4.79 Å². The van der Waals surface area contributed by atoms with Crippen molar-refractivity contribution >= 4 is 17.7 Å². The highest BCUT2D eigenvalue weighted by Crippen LogP contribution is 2.21. The largest absolute Gasteiger partial charge is 0.338 e. The lowest BCUT2D eigenvalue weighted by atomic mass is 10.0. The molecule has 0 radical (unpaired) electrons. The fourth-order valence-corrected chi connectivity index (χ4v) is 4.82. The summed E-state index contributed by atoms with van der Waals surface area (Å²) in [6.45, 7) is 4.82. The van der Waals surface area contributed by atoms with Crippen LogP contribution in [-0.2, 0) is 6.54 Å². The van der Waals surface area contributed by atoms with E-state index in [-0.39, 0.29) is 5.91 Å². The number of likely N-dealkylation sites (tertiary alicyclic amines) is 1. The van der Waals surface area contributed by atoms with Gasteiger partial charge in [-0.1, -0.05) is 30.3 Å². The van der Waals surface area contributed by atoms with Gasteiger partial charge in [0.1, 0.15) is 0 Å². The second-order valence-corrected chi connectivity index (χ2v) is 8.31. The van der Waals surface area contributed by atoms with Crippen LogP contribution in [0.15, 0.2) is 42.7 Å². The van der Waals surface area contributed by atoms with Gasteiger partial charge in [0.15, 0.2) is 0 Å². The summed E-state index contributed by atoms with van der Waals surface area (Å²) in [6.07, 6.45) is 5.77. The number of piperidine rings is 1. The number of thioether (sulfide) groups is 1. The van der Waals surface area contributed by atoms with Crippen molar-refractivity contribution in [1.29, 1.82) is 0 Å². The molecule has 6 heteroatoms. The molecule has 0 N–H and O–H groups in total. The molecule has 0 atom stereocenters. The van der Waals surface area contributed by atoms with Crippen molar-refractivity contribution in [1.82, 2.24) is 19.6 Å². The fraction of sp³-hybridized carbons (Fsp3) is 0.500. The van der Waals surface area contributed by atoms with Gasteiger partial charge >= 0.3 is 0 Å². The molecular formula is C20H26N4OS. The first-order valence-corrected chi connectivity index (χ1v) is 10.6. The lowest BCUT2D eigenvalue weighted by Crippen LogP contribution is -2.49. The minimum Gasteiger partial charge on any atom is -0.338 e. The van der Waals surface area contributed by atoms with Crippen molar-refractivity contribution in [2.45, 2.75) is 25.4 Å². The standard InChI is InChI=1S/C20H26N4OS/c25-20(18-14-21-24(16-18)15-17-4-2-1-3-5-17)23-8-6-19(7-9-23)22-10-12-26-13-11-22/h1-5,14,16,19H,6-13,15H2. The van der Waals surface area contributed by atoms with Gasteiger partial charge in [-0.15, -0.1) is 0 Å². The lowest BCUT2D eigenvalue weighted by molar-refractivity contribution is 0.0631. The van der Waals surface area contributed by atoms with E-state index in [1.165, 1.54) is 30.2 Å². The summed E-state index contributed by atoms with van der Waals surface area (Å²) in [5, 5.41) is 4.37. The molecule has 1 aromatic heterocycles. The van der Waals surface area contributed by atoms with E-state index in [4.69, 9.17) is 0 Å². The average Bonchev–Trinajstić information content (AvgIpc) is 3.17. The van der Waals surface area contributed by atoms with Crippen LogP contribution >= 0.6 is 11.8 Å². The van der Waals surface area contributed by atoms with Gasteiger partial charge in [0, 0.05) is 49.9 Å². The Kier molecular flexibility index (Phi) is 5.60. The Bertz CT molecular complexity index is 718. The van der Waals surface area contributed by atoms with Gasteiger partial charge in [0.05, 0.1) is 18.3 Å². The molecule has 26 heavy (non-hydrogen) atoms. The highest BCUT2D eigenvalue weighted by atomic mass is 32.2. The first kappa shape index (κ1) is 17.6. The number of amides is 1. The maximum atomic E-state index is 12.8. The molecule has 1 aromatic carbocycles. The SMILES string of the molecule is O=C(c1cnn(Cc2ccccc2)c1)N1CCC(N2CCSCC2)CC1. The topological polar surface area (TPSA) is 41.4 Å². The zero-order valence-corrected chi connectivity index (χ0v) is 15.9. The van der Waals surface area contributed by atoms with Crippen LogP contribution in [0.5, 0.6) is 0 Å². The van der Waals surface area contributed by atoms with Crippen LogP contribution in [0.2, 0.25) is 0 Å². The zero-order chi connectivity index (χ0) is 17.8. The molecule has 2 aliphatic heterocycles. The van der Waals surface area contributed by atoms with E-state index in [1.54, 1.807) is 6.20 Å². The van der Waals surface area contributed by atoms with Gasteiger partial charge in [0.25, 0.3) is 5.91 Å². The average molecular weight is 371 g/mol. The summed E-state index contributed by atoms with van der Waals surface area (Å²) in [4.78, 5) is 17.4. The summed E-state index contributed by atoms with van der Waals surface area (Å²) < 4.78 is 1.85. The van der Waals surface area contributed by atoms with E-state index in [1.807, 2.05) is 34.0 Å². The third-order valence-corrected chi connectivity index (χ3v) is 6.32. The molecule has 0 spiro atoms. The minimum atomic E-state index is 0.122. The molecule has 0 saturated carbocycles. The summed E-state index contributed by atoms with van der Waals surface area (Å²) in [6, 6.07) is 10.9. The van der Waals surface area contributed by atoms with Crippen LogP contribution < -0.4 is 0 Å². The Morgan fingerprint density at radius 2 is 1.81 bits per heavy atom. The highest BCUT2D eigenvalue weighted by Gasteiger charge is 2.28. The molecule has 0 aliphatic carbocycles. The number of carbonyl (C=O) groups excluding carboxylic acids is 1. The van der Waals surface area contributed by atoms with Crippen LogP contribution in [-0.4, -0.2) is 69.2 Å². The Morgan fingerprint density at radius 1 is 1.08 bits per heavy atom. The Labute approximate surface area is 159 Å². The van der Waals surface area contributed by atoms with Crippen molar-refractivity contribution in [2.75, 3.05) is 37.7 Å². The number of rotatable bonds is 4. The van der Waals surface area contributed by atoms with Crippen LogP contribution in [0.3, 0.4) is 0 Å². The molecule has 0 bridgehead atoms. The third kappa shape index (κ3) is 4.13. The second kappa shape index (κ2) is 8.27. The quantitative estimate of drug-likeness (QED) is 0.830. The Balaban J connectivity index is 1.32. The van der Waals surface area contributed by atoms with Gasteiger partial charge in [-0.05, 0) is 18.4 Å². The first-order chi connectivity index (χ1) is 12.8. The molecule has 4 rings (SSSR count). The monoisotopic (exact) mass is 370 g/mol. The third-order valence-electron chi connectivity index (χ3n) is 5.38. The van der Waals surface area contributed by atoms with Crippen LogP contribution in [0.25, 0.3) is 0 Å². The number of aromatic nitrogens is 2. The smallest absolute Gasteiger partial charge is 0.257 e. The van der Waals surface area contributed by atoms with E-state index in [2.05, 4.69) is 33.9 Å². The van der Waals surface area contributed by atoms with E-state index < -0.39 is 0 Å². The molecule has 1 amide bonds. The highest BCUT2D eigenvalue weighted by molar-refractivity contribution is 7.99. The maximum absolute atomic E-state index is 12.8. The van der Waals surface area contributed by atoms with E-state index in [0.29, 0.717) is 18.2 Å². The normalized spacial score (nSPS) is 19.6.